The Morgan fingerprint density at radius 3 is 2.57 bits per heavy atom. The minimum absolute atomic E-state index is 0.413. The van der Waals surface area contributed by atoms with Gasteiger partial charge < -0.3 is 14.8 Å². The van der Waals surface area contributed by atoms with Gasteiger partial charge in [-0.25, -0.2) is 8.42 Å². The Morgan fingerprint density at radius 1 is 1.29 bits per heavy atom. The summed E-state index contributed by atoms with van der Waals surface area (Å²) in [5.74, 6) is 1.04. The van der Waals surface area contributed by atoms with Crippen LogP contribution in [0.25, 0.3) is 0 Å². The molecule has 0 aliphatic heterocycles. The molecule has 0 saturated heterocycles. The van der Waals surface area contributed by atoms with Gasteiger partial charge in [0, 0.05) is 18.7 Å². The first-order chi connectivity index (χ1) is 9.96. The number of rotatable bonds is 8. The predicted octanol–water partition coefficient (Wildman–Crippen LogP) is 1.59. The summed E-state index contributed by atoms with van der Waals surface area (Å²) in [6.45, 7) is 2.13. The molecule has 1 saturated carbocycles. The maximum Gasteiger partial charge on any atom is 0.236 e. The molecule has 1 aromatic carbocycles. The summed E-state index contributed by atoms with van der Waals surface area (Å²) in [4.78, 5) is 0. The number of sulfonamides is 1. The van der Waals surface area contributed by atoms with Crippen molar-refractivity contribution in [1.82, 2.24) is 5.32 Å². The lowest BCUT2D eigenvalue weighted by Crippen LogP contribution is -2.35. The Kier molecular flexibility index (Phi) is 4.95. The Labute approximate surface area is 125 Å². The Hall–Kier alpha value is -1.47. The third-order valence-electron chi connectivity index (χ3n) is 3.46. The highest BCUT2D eigenvalue weighted by atomic mass is 32.2. The second-order valence-corrected chi connectivity index (χ2v) is 7.31. The second kappa shape index (κ2) is 6.53. The average Bonchev–Trinajstić information content (AvgIpc) is 3.28. The van der Waals surface area contributed by atoms with Crippen molar-refractivity contribution in [3.05, 3.63) is 18.2 Å². The molecule has 6 nitrogen and oxygen atoms in total. The third kappa shape index (κ3) is 4.25. The smallest absolute Gasteiger partial charge is 0.236 e. The molecule has 0 bridgehead atoms. The Morgan fingerprint density at radius 2 is 2.00 bits per heavy atom. The van der Waals surface area contributed by atoms with Gasteiger partial charge in [-0.05, 0) is 31.9 Å². The van der Waals surface area contributed by atoms with Crippen LogP contribution in [0.5, 0.6) is 11.5 Å². The summed E-state index contributed by atoms with van der Waals surface area (Å²) in [5.41, 5.74) is 0.413. The highest BCUT2D eigenvalue weighted by Gasteiger charge is 2.26. The maximum absolute atomic E-state index is 12.3. The molecule has 1 aliphatic rings. The van der Waals surface area contributed by atoms with E-state index in [4.69, 9.17) is 9.47 Å². The van der Waals surface area contributed by atoms with Crippen LogP contribution in [0.4, 0.5) is 5.69 Å². The first kappa shape index (κ1) is 15.9. The van der Waals surface area contributed by atoms with Crippen LogP contribution in [0.15, 0.2) is 18.2 Å². The van der Waals surface area contributed by atoms with Crippen molar-refractivity contribution >= 4 is 15.7 Å². The molecule has 21 heavy (non-hydrogen) atoms. The van der Waals surface area contributed by atoms with Crippen molar-refractivity contribution in [2.45, 2.75) is 31.1 Å². The molecule has 0 aromatic heterocycles. The zero-order chi connectivity index (χ0) is 15.5. The van der Waals surface area contributed by atoms with Gasteiger partial charge in [-0.3, -0.25) is 4.72 Å². The lowest BCUT2D eigenvalue weighted by molar-refractivity contribution is 0.395. The summed E-state index contributed by atoms with van der Waals surface area (Å²) in [5, 5.41) is 2.70. The summed E-state index contributed by atoms with van der Waals surface area (Å²) < 4.78 is 37.5. The molecule has 1 atom stereocenters. The van der Waals surface area contributed by atoms with E-state index in [2.05, 4.69) is 10.0 Å². The third-order valence-corrected chi connectivity index (χ3v) is 5.19. The first-order valence-electron chi connectivity index (χ1n) is 6.93. The van der Waals surface area contributed by atoms with Crippen LogP contribution in [-0.2, 0) is 10.0 Å². The van der Waals surface area contributed by atoms with Gasteiger partial charge in [0.05, 0.1) is 25.2 Å². The van der Waals surface area contributed by atoms with Gasteiger partial charge in [-0.15, -0.1) is 0 Å². The Balaban J connectivity index is 2.07. The fraction of sp³-hybridized carbons (Fsp3) is 0.571. The summed E-state index contributed by atoms with van der Waals surface area (Å²) in [7, 11) is -0.430. The van der Waals surface area contributed by atoms with E-state index < -0.39 is 15.3 Å². The standard InChI is InChI=1S/C14H22N2O4S/c1-10(9-15-11-4-5-11)21(17,18)16-13-7-6-12(19-2)8-14(13)20-3/h6-8,10-11,15-16H,4-5,9H2,1-3H3. The topological polar surface area (TPSA) is 76.7 Å². The number of anilines is 1. The largest absolute Gasteiger partial charge is 0.497 e. The van der Waals surface area contributed by atoms with Crippen LogP contribution in [0.3, 0.4) is 0 Å². The molecule has 0 amide bonds. The van der Waals surface area contributed by atoms with E-state index in [1.165, 1.54) is 7.11 Å². The molecular weight excluding hydrogens is 292 g/mol. The normalized spacial score (nSPS) is 16.3. The van der Waals surface area contributed by atoms with E-state index in [0.717, 1.165) is 12.8 Å². The van der Waals surface area contributed by atoms with E-state index in [1.807, 2.05) is 0 Å². The lowest BCUT2D eigenvalue weighted by Gasteiger charge is -2.17. The van der Waals surface area contributed by atoms with Crippen molar-refractivity contribution in [3.63, 3.8) is 0 Å². The highest BCUT2D eigenvalue weighted by Crippen LogP contribution is 2.30. The number of hydrogen-bond acceptors (Lipinski definition) is 5. The Bertz CT molecular complexity index is 585. The van der Waals surface area contributed by atoms with E-state index in [0.29, 0.717) is 29.8 Å². The second-order valence-electron chi connectivity index (χ2n) is 5.21. The van der Waals surface area contributed by atoms with Gasteiger partial charge in [0.15, 0.2) is 0 Å². The van der Waals surface area contributed by atoms with Crippen molar-refractivity contribution in [3.8, 4) is 11.5 Å². The van der Waals surface area contributed by atoms with Gasteiger partial charge in [0.25, 0.3) is 0 Å². The highest BCUT2D eigenvalue weighted by molar-refractivity contribution is 7.93. The molecule has 1 unspecified atom stereocenters. The minimum Gasteiger partial charge on any atom is -0.497 e. The molecular formula is C14H22N2O4S. The molecule has 0 spiro atoms. The van der Waals surface area contributed by atoms with Gasteiger partial charge in [-0.2, -0.15) is 0 Å². The summed E-state index contributed by atoms with van der Waals surface area (Å²) in [6.07, 6.45) is 2.26. The molecule has 0 heterocycles. The molecule has 1 aliphatic carbocycles. The zero-order valence-corrected chi connectivity index (χ0v) is 13.4. The first-order valence-corrected chi connectivity index (χ1v) is 8.48. The van der Waals surface area contributed by atoms with Crippen molar-refractivity contribution in [2.24, 2.45) is 0 Å². The van der Waals surface area contributed by atoms with Gasteiger partial charge >= 0.3 is 0 Å². The van der Waals surface area contributed by atoms with E-state index in [9.17, 15) is 8.42 Å². The van der Waals surface area contributed by atoms with Gasteiger partial charge in [-0.1, -0.05) is 0 Å². The van der Waals surface area contributed by atoms with Crippen molar-refractivity contribution in [1.29, 1.82) is 0 Å². The molecule has 7 heteroatoms. The molecule has 2 rings (SSSR count). The number of ether oxygens (including phenoxy) is 2. The zero-order valence-electron chi connectivity index (χ0n) is 12.5. The monoisotopic (exact) mass is 314 g/mol. The van der Waals surface area contributed by atoms with Crippen LogP contribution in [-0.4, -0.2) is 40.5 Å². The number of hydrogen-bond donors (Lipinski definition) is 2. The van der Waals surface area contributed by atoms with Crippen LogP contribution in [0, 0.1) is 0 Å². The van der Waals surface area contributed by atoms with Gasteiger partial charge in [0.2, 0.25) is 10.0 Å². The summed E-state index contributed by atoms with van der Waals surface area (Å²) >= 11 is 0. The number of nitrogens with one attached hydrogen (secondary N) is 2. The maximum atomic E-state index is 12.3. The molecule has 0 radical (unpaired) electrons. The number of benzene rings is 1. The number of methoxy groups -OCH3 is 2. The van der Waals surface area contributed by atoms with Crippen molar-refractivity contribution < 1.29 is 17.9 Å². The summed E-state index contributed by atoms with van der Waals surface area (Å²) in [6, 6.07) is 5.45. The van der Waals surface area contributed by atoms with E-state index in [1.54, 1.807) is 32.2 Å². The fourth-order valence-electron chi connectivity index (χ4n) is 1.87. The quantitative estimate of drug-likeness (QED) is 0.762. The van der Waals surface area contributed by atoms with Crippen LogP contribution >= 0.6 is 0 Å². The van der Waals surface area contributed by atoms with E-state index in [-0.39, 0.29) is 0 Å². The fourth-order valence-corrected chi connectivity index (χ4v) is 2.86. The van der Waals surface area contributed by atoms with Crippen LogP contribution in [0.2, 0.25) is 0 Å². The lowest BCUT2D eigenvalue weighted by atomic mass is 10.3. The minimum atomic E-state index is -3.47. The molecule has 118 valence electrons. The van der Waals surface area contributed by atoms with E-state index >= 15 is 0 Å². The molecule has 1 fully saturated rings. The SMILES string of the molecule is COc1ccc(NS(=O)(=O)C(C)CNC2CC2)c(OC)c1. The van der Waals surface area contributed by atoms with Gasteiger partial charge in [0.1, 0.15) is 11.5 Å². The molecule has 2 N–H and O–H groups in total. The van der Waals surface area contributed by atoms with Crippen LogP contribution < -0.4 is 19.5 Å². The van der Waals surface area contributed by atoms with Crippen molar-refractivity contribution in [2.75, 3.05) is 25.5 Å². The molecule has 1 aromatic rings. The predicted molar refractivity (Wildman–Crippen MR) is 82.6 cm³/mol. The van der Waals surface area contributed by atoms with Crippen LogP contribution in [0.1, 0.15) is 19.8 Å². The average molecular weight is 314 g/mol.